The van der Waals surface area contributed by atoms with Crippen molar-refractivity contribution < 1.29 is 19.4 Å². The van der Waals surface area contributed by atoms with E-state index in [1.807, 2.05) is 36.2 Å². The Balaban J connectivity index is 2.58. The number of ether oxygens (including phenoxy) is 2. The number of nitrogens with zero attached hydrogens (tertiary/aromatic N) is 1. The van der Waals surface area contributed by atoms with Crippen LogP contribution in [0, 0.1) is 0 Å². The molecule has 1 atom stereocenters. The number of hydrogen-bond donors (Lipinski definition) is 1. The van der Waals surface area contributed by atoms with Crippen molar-refractivity contribution in [3.05, 3.63) is 24.3 Å². The first-order valence-electron chi connectivity index (χ1n) is 6.28. The van der Waals surface area contributed by atoms with Gasteiger partial charge in [-0.05, 0) is 19.1 Å². The van der Waals surface area contributed by atoms with Gasteiger partial charge < -0.3 is 19.5 Å². The molecule has 0 aliphatic rings. The first kappa shape index (κ1) is 15.3. The molecule has 0 bridgehead atoms. The van der Waals surface area contributed by atoms with Gasteiger partial charge >= 0.3 is 5.97 Å². The second kappa shape index (κ2) is 7.63. The molecule has 1 aromatic rings. The van der Waals surface area contributed by atoms with Crippen molar-refractivity contribution in [2.24, 2.45) is 0 Å². The van der Waals surface area contributed by atoms with Crippen LogP contribution in [0.15, 0.2) is 24.3 Å². The quantitative estimate of drug-likeness (QED) is 0.780. The molecule has 0 aliphatic heterocycles. The van der Waals surface area contributed by atoms with Gasteiger partial charge in [-0.25, -0.2) is 4.79 Å². The summed E-state index contributed by atoms with van der Waals surface area (Å²) in [5.74, 6) is -0.134. The zero-order valence-electron chi connectivity index (χ0n) is 11.6. The molecule has 1 aromatic carbocycles. The average Bonchev–Trinajstić information content (AvgIpc) is 2.42. The van der Waals surface area contributed by atoms with Crippen molar-refractivity contribution >= 4 is 11.7 Å². The summed E-state index contributed by atoms with van der Waals surface area (Å²) in [6.07, 6.45) is -0.310. The molecule has 5 nitrogen and oxygen atoms in total. The third-order valence-corrected chi connectivity index (χ3v) is 2.86. The van der Waals surface area contributed by atoms with Gasteiger partial charge in [-0.1, -0.05) is 6.07 Å². The van der Waals surface area contributed by atoms with Crippen LogP contribution in [-0.2, 0) is 9.53 Å². The summed E-state index contributed by atoms with van der Waals surface area (Å²) in [6, 6.07) is 7.65. The second-order valence-electron chi connectivity index (χ2n) is 4.19. The molecule has 106 valence electrons. The highest BCUT2D eigenvalue weighted by atomic mass is 16.5. The van der Waals surface area contributed by atoms with Crippen molar-refractivity contribution in [2.45, 2.75) is 19.4 Å². The molecule has 1 unspecified atom stereocenters. The molecule has 0 radical (unpaired) electrons. The molecule has 0 amide bonds. The molecule has 0 fully saturated rings. The van der Waals surface area contributed by atoms with E-state index in [2.05, 4.69) is 0 Å². The lowest BCUT2D eigenvalue weighted by molar-refractivity contribution is -0.150. The Kier molecular flexibility index (Phi) is 6.15. The van der Waals surface area contributed by atoms with Crippen molar-refractivity contribution in [3.63, 3.8) is 0 Å². The summed E-state index contributed by atoms with van der Waals surface area (Å²) in [7, 11) is 3.54. The Hall–Kier alpha value is -1.75. The number of carboxylic acid groups (broad SMARTS) is 1. The number of methoxy groups -OCH3 is 1. The topological polar surface area (TPSA) is 59.0 Å². The van der Waals surface area contributed by atoms with Crippen LogP contribution in [0.3, 0.4) is 0 Å². The number of carboxylic acids is 1. The Labute approximate surface area is 113 Å². The lowest BCUT2D eigenvalue weighted by Gasteiger charge is -2.22. The molecule has 0 aliphatic carbocycles. The maximum absolute atomic E-state index is 11.0. The van der Waals surface area contributed by atoms with E-state index in [1.165, 1.54) is 0 Å². The van der Waals surface area contributed by atoms with Gasteiger partial charge in [0.05, 0.1) is 7.11 Å². The zero-order valence-corrected chi connectivity index (χ0v) is 11.6. The van der Waals surface area contributed by atoms with E-state index in [4.69, 9.17) is 14.6 Å². The van der Waals surface area contributed by atoms with Crippen LogP contribution >= 0.6 is 0 Å². The molecule has 19 heavy (non-hydrogen) atoms. The molecule has 0 spiro atoms. The largest absolute Gasteiger partial charge is 0.497 e. The van der Waals surface area contributed by atoms with Gasteiger partial charge in [0.1, 0.15) is 5.75 Å². The molecule has 1 rings (SSSR count). The number of carbonyl (C=O) groups is 1. The molecule has 5 heteroatoms. The second-order valence-corrected chi connectivity index (χ2v) is 4.19. The van der Waals surface area contributed by atoms with Gasteiger partial charge in [0.25, 0.3) is 0 Å². The van der Waals surface area contributed by atoms with E-state index in [0.29, 0.717) is 19.6 Å². The average molecular weight is 267 g/mol. The highest BCUT2D eigenvalue weighted by Crippen LogP contribution is 2.20. The zero-order chi connectivity index (χ0) is 14.3. The minimum absolute atomic E-state index is 0.403. The number of benzene rings is 1. The van der Waals surface area contributed by atoms with Crippen LogP contribution < -0.4 is 9.64 Å². The van der Waals surface area contributed by atoms with Crippen molar-refractivity contribution in [1.82, 2.24) is 0 Å². The smallest absolute Gasteiger partial charge is 0.332 e. The molecule has 0 saturated carbocycles. The minimum atomic E-state index is -0.916. The monoisotopic (exact) mass is 267 g/mol. The molecular formula is C14H21NO4. The fourth-order valence-corrected chi connectivity index (χ4v) is 1.77. The van der Waals surface area contributed by atoms with Crippen LogP contribution in [0.4, 0.5) is 5.69 Å². The molecule has 0 aromatic heterocycles. The Bertz CT molecular complexity index is 408. The lowest BCUT2D eigenvalue weighted by Crippen LogP contribution is -2.30. The van der Waals surface area contributed by atoms with Gasteiger partial charge in [0, 0.05) is 38.4 Å². The van der Waals surface area contributed by atoms with Crippen LogP contribution in [0.5, 0.6) is 5.75 Å². The maximum Gasteiger partial charge on any atom is 0.332 e. The highest BCUT2D eigenvalue weighted by Gasteiger charge is 2.17. The normalized spacial score (nSPS) is 11.9. The number of hydrogen-bond acceptors (Lipinski definition) is 4. The molecule has 0 saturated heterocycles. The minimum Gasteiger partial charge on any atom is -0.497 e. The summed E-state index contributed by atoms with van der Waals surface area (Å²) >= 11 is 0. The first-order valence-corrected chi connectivity index (χ1v) is 6.28. The summed E-state index contributed by atoms with van der Waals surface area (Å²) in [5.41, 5.74) is 0.986. The van der Waals surface area contributed by atoms with Crippen LogP contribution in [0.25, 0.3) is 0 Å². The van der Waals surface area contributed by atoms with Crippen LogP contribution in [0.1, 0.15) is 13.3 Å². The van der Waals surface area contributed by atoms with Gasteiger partial charge in [0.2, 0.25) is 0 Å². The molecular weight excluding hydrogens is 246 g/mol. The molecule has 0 heterocycles. The van der Waals surface area contributed by atoms with E-state index in [9.17, 15) is 4.79 Å². The molecule has 1 N–H and O–H groups in total. The van der Waals surface area contributed by atoms with Gasteiger partial charge in [-0.15, -0.1) is 0 Å². The third kappa shape index (κ3) is 4.79. The fourth-order valence-electron chi connectivity index (χ4n) is 1.77. The SMILES string of the molecule is CCOC(CCN(C)c1cccc(OC)c1)C(=O)O. The number of rotatable bonds is 8. The fraction of sp³-hybridized carbons (Fsp3) is 0.500. The summed E-state index contributed by atoms with van der Waals surface area (Å²) in [5, 5.41) is 9.01. The Morgan fingerprint density at radius 3 is 2.79 bits per heavy atom. The standard InChI is InChI=1S/C14H21NO4/c1-4-19-13(14(16)17)8-9-15(2)11-6-5-7-12(10-11)18-3/h5-7,10,13H,4,8-9H2,1-3H3,(H,16,17). The first-order chi connectivity index (χ1) is 9.08. The van der Waals surface area contributed by atoms with Gasteiger partial charge in [-0.2, -0.15) is 0 Å². The van der Waals surface area contributed by atoms with Crippen LogP contribution in [-0.4, -0.2) is 44.5 Å². The van der Waals surface area contributed by atoms with Crippen molar-refractivity contribution in [3.8, 4) is 5.75 Å². The predicted octanol–water partition coefficient (Wildman–Crippen LogP) is 2.01. The summed E-state index contributed by atoms with van der Waals surface area (Å²) in [4.78, 5) is 13.0. The van der Waals surface area contributed by atoms with E-state index in [1.54, 1.807) is 14.0 Å². The van der Waals surface area contributed by atoms with E-state index < -0.39 is 12.1 Å². The lowest BCUT2D eigenvalue weighted by atomic mass is 10.2. The summed E-state index contributed by atoms with van der Waals surface area (Å²) < 4.78 is 10.3. The summed E-state index contributed by atoms with van der Waals surface area (Å²) in [6.45, 7) is 2.80. The van der Waals surface area contributed by atoms with Gasteiger partial charge in [-0.3, -0.25) is 0 Å². The number of aliphatic carboxylic acids is 1. The van der Waals surface area contributed by atoms with Gasteiger partial charge in [0.15, 0.2) is 6.10 Å². The number of anilines is 1. The van der Waals surface area contributed by atoms with E-state index in [0.717, 1.165) is 11.4 Å². The maximum atomic E-state index is 11.0. The van der Waals surface area contributed by atoms with E-state index in [-0.39, 0.29) is 0 Å². The van der Waals surface area contributed by atoms with Crippen molar-refractivity contribution in [1.29, 1.82) is 0 Å². The third-order valence-electron chi connectivity index (χ3n) is 2.86. The van der Waals surface area contributed by atoms with Crippen LogP contribution in [0.2, 0.25) is 0 Å². The predicted molar refractivity (Wildman–Crippen MR) is 73.9 cm³/mol. The Morgan fingerprint density at radius 2 is 2.21 bits per heavy atom. The Morgan fingerprint density at radius 1 is 1.47 bits per heavy atom. The van der Waals surface area contributed by atoms with Crippen molar-refractivity contribution in [2.75, 3.05) is 32.2 Å². The van der Waals surface area contributed by atoms with E-state index >= 15 is 0 Å². The highest BCUT2D eigenvalue weighted by molar-refractivity contribution is 5.72.